The molecule has 0 aliphatic heterocycles. The van der Waals surface area contributed by atoms with Gasteiger partial charge in [0.05, 0.1) is 0 Å². The Hall–Kier alpha value is -2.95. The predicted octanol–water partition coefficient (Wildman–Crippen LogP) is 3.63. The Morgan fingerprint density at radius 3 is 2.33 bits per heavy atom. The van der Waals surface area contributed by atoms with Crippen LogP contribution in [-0.4, -0.2) is 23.3 Å². The zero-order valence-corrected chi connectivity index (χ0v) is 15.4. The third-order valence-electron chi connectivity index (χ3n) is 4.70. The van der Waals surface area contributed by atoms with Gasteiger partial charge >= 0.3 is 0 Å². The summed E-state index contributed by atoms with van der Waals surface area (Å²) in [6.45, 7) is 1.07. The lowest BCUT2D eigenvalue weighted by Gasteiger charge is -2.13. The fourth-order valence-corrected chi connectivity index (χ4v) is 3.13. The number of pyridine rings is 1. The lowest BCUT2D eigenvalue weighted by atomic mass is 9.97. The highest BCUT2D eigenvalue weighted by Gasteiger charge is 2.09. The molecule has 2 amide bonds. The number of allylic oxidation sites excluding steroid dienone is 1. The first-order valence-electron chi connectivity index (χ1n) is 9.45. The van der Waals surface area contributed by atoms with Gasteiger partial charge in [0.2, 0.25) is 0 Å². The van der Waals surface area contributed by atoms with Crippen molar-refractivity contribution in [2.45, 2.75) is 38.6 Å². The molecule has 3 rings (SSSR count). The van der Waals surface area contributed by atoms with Crippen molar-refractivity contribution < 1.29 is 9.59 Å². The normalized spacial score (nSPS) is 13.6. The van der Waals surface area contributed by atoms with Gasteiger partial charge in [-0.25, -0.2) is 0 Å². The molecule has 2 aromatic rings. The van der Waals surface area contributed by atoms with Crippen molar-refractivity contribution in [3.8, 4) is 0 Å². The number of hydrogen-bond acceptors (Lipinski definition) is 3. The van der Waals surface area contributed by atoms with Gasteiger partial charge in [-0.1, -0.05) is 17.7 Å². The van der Waals surface area contributed by atoms with E-state index in [1.54, 1.807) is 36.7 Å². The van der Waals surface area contributed by atoms with Crippen LogP contribution < -0.4 is 10.6 Å². The van der Waals surface area contributed by atoms with Crippen molar-refractivity contribution in [2.24, 2.45) is 0 Å². The summed E-state index contributed by atoms with van der Waals surface area (Å²) >= 11 is 0. The Morgan fingerprint density at radius 1 is 0.963 bits per heavy atom. The zero-order chi connectivity index (χ0) is 18.9. The van der Waals surface area contributed by atoms with E-state index in [-0.39, 0.29) is 11.8 Å². The average Bonchev–Trinajstić information content (AvgIpc) is 2.73. The van der Waals surface area contributed by atoms with Crippen molar-refractivity contribution in [3.63, 3.8) is 0 Å². The molecule has 1 aromatic carbocycles. The van der Waals surface area contributed by atoms with Crippen molar-refractivity contribution in [2.75, 3.05) is 6.54 Å². The van der Waals surface area contributed by atoms with Crippen molar-refractivity contribution in [1.29, 1.82) is 0 Å². The maximum Gasteiger partial charge on any atom is 0.251 e. The summed E-state index contributed by atoms with van der Waals surface area (Å²) < 4.78 is 0. The molecule has 0 bridgehead atoms. The van der Waals surface area contributed by atoms with Gasteiger partial charge in [0.15, 0.2) is 0 Å². The van der Waals surface area contributed by atoms with E-state index in [4.69, 9.17) is 0 Å². The molecule has 1 aliphatic rings. The van der Waals surface area contributed by atoms with Gasteiger partial charge in [-0.15, -0.1) is 0 Å². The van der Waals surface area contributed by atoms with E-state index in [1.165, 1.54) is 18.4 Å². The maximum absolute atomic E-state index is 12.2. The largest absolute Gasteiger partial charge is 0.352 e. The van der Waals surface area contributed by atoms with Gasteiger partial charge in [0, 0.05) is 36.6 Å². The van der Waals surface area contributed by atoms with Crippen molar-refractivity contribution >= 4 is 11.8 Å². The summed E-state index contributed by atoms with van der Waals surface area (Å²) in [5, 5.41) is 5.80. The van der Waals surface area contributed by atoms with Crippen LogP contribution in [-0.2, 0) is 6.54 Å². The number of carbonyl (C=O) groups is 2. The SMILES string of the molecule is O=C(NCCC1=CCCCC1)c1ccc(C(=O)NCc2cccnc2)cc1. The third-order valence-corrected chi connectivity index (χ3v) is 4.70. The van der Waals surface area contributed by atoms with Crippen LogP contribution in [0.4, 0.5) is 0 Å². The number of nitrogens with zero attached hydrogens (tertiary/aromatic N) is 1. The molecule has 140 valence electrons. The number of aromatic nitrogens is 1. The monoisotopic (exact) mass is 363 g/mol. The van der Waals surface area contributed by atoms with E-state index in [0.717, 1.165) is 24.8 Å². The fraction of sp³-hybridized carbons (Fsp3) is 0.318. The quantitative estimate of drug-likeness (QED) is 0.738. The van der Waals surface area contributed by atoms with Crippen LogP contribution >= 0.6 is 0 Å². The first kappa shape index (κ1) is 18.8. The molecule has 5 nitrogen and oxygen atoms in total. The molecule has 5 heteroatoms. The second kappa shape index (κ2) is 9.67. The molecule has 0 atom stereocenters. The van der Waals surface area contributed by atoms with Gasteiger partial charge in [0.25, 0.3) is 11.8 Å². The lowest BCUT2D eigenvalue weighted by Crippen LogP contribution is -2.25. The minimum Gasteiger partial charge on any atom is -0.352 e. The van der Waals surface area contributed by atoms with Gasteiger partial charge in [-0.3, -0.25) is 14.6 Å². The van der Waals surface area contributed by atoms with E-state index >= 15 is 0 Å². The Labute approximate surface area is 159 Å². The van der Waals surface area contributed by atoms with Crippen LogP contribution in [0.2, 0.25) is 0 Å². The Bertz CT molecular complexity index is 798. The number of rotatable bonds is 7. The van der Waals surface area contributed by atoms with Gasteiger partial charge in [-0.2, -0.15) is 0 Å². The smallest absolute Gasteiger partial charge is 0.251 e. The van der Waals surface area contributed by atoms with E-state index in [2.05, 4.69) is 21.7 Å². The topological polar surface area (TPSA) is 71.1 Å². The van der Waals surface area contributed by atoms with Crippen LogP contribution in [0, 0.1) is 0 Å². The van der Waals surface area contributed by atoms with Crippen LogP contribution in [0.1, 0.15) is 58.4 Å². The Balaban J connectivity index is 1.46. The van der Waals surface area contributed by atoms with Crippen LogP contribution in [0.5, 0.6) is 0 Å². The van der Waals surface area contributed by atoms with Crippen molar-refractivity contribution in [3.05, 3.63) is 77.1 Å². The summed E-state index contributed by atoms with van der Waals surface area (Å²) in [6.07, 6.45) is 11.5. The van der Waals surface area contributed by atoms with Gasteiger partial charge in [-0.05, 0) is 68.0 Å². The molecular weight excluding hydrogens is 338 g/mol. The second-order valence-corrected chi connectivity index (χ2v) is 6.74. The zero-order valence-electron chi connectivity index (χ0n) is 15.4. The first-order chi connectivity index (χ1) is 13.2. The number of hydrogen-bond donors (Lipinski definition) is 2. The highest BCUT2D eigenvalue weighted by atomic mass is 16.2. The van der Waals surface area contributed by atoms with Crippen LogP contribution in [0.3, 0.4) is 0 Å². The minimum absolute atomic E-state index is 0.103. The standard InChI is InChI=1S/C22H25N3O2/c26-21(24-14-12-17-5-2-1-3-6-17)19-8-10-20(11-9-19)22(27)25-16-18-7-4-13-23-15-18/h4-5,7-11,13,15H,1-3,6,12,14,16H2,(H,24,26)(H,25,27). The number of amides is 2. The van der Waals surface area contributed by atoms with Crippen LogP contribution in [0.25, 0.3) is 0 Å². The first-order valence-corrected chi connectivity index (χ1v) is 9.45. The maximum atomic E-state index is 12.2. The molecule has 1 aromatic heterocycles. The summed E-state index contributed by atoms with van der Waals surface area (Å²) in [5.41, 5.74) is 3.48. The number of benzene rings is 1. The summed E-state index contributed by atoms with van der Waals surface area (Å²) in [5.74, 6) is -0.274. The fourth-order valence-electron chi connectivity index (χ4n) is 3.13. The van der Waals surface area contributed by atoms with E-state index in [1.807, 2.05) is 12.1 Å². The number of carbonyl (C=O) groups excluding carboxylic acids is 2. The van der Waals surface area contributed by atoms with Crippen molar-refractivity contribution in [1.82, 2.24) is 15.6 Å². The highest BCUT2D eigenvalue weighted by molar-refractivity contribution is 5.97. The molecule has 0 fully saturated rings. The predicted molar refractivity (Wildman–Crippen MR) is 105 cm³/mol. The van der Waals surface area contributed by atoms with Gasteiger partial charge < -0.3 is 10.6 Å². The van der Waals surface area contributed by atoms with Gasteiger partial charge in [0.1, 0.15) is 0 Å². The molecule has 27 heavy (non-hydrogen) atoms. The summed E-state index contributed by atoms with van der Waals surface area (Å²) in [6, 6.07) is 10.5. The average molecular weight is 363 g/mol. The molecule has 1 heterocycles. The van der Waals surface area contributed by atoms with Crippen LogP contribution in [0.15, 0.2) is 60.4 Å². The minimum atomic E-state index is -0.171. The number of nitrogens with one attached hydrogen (secondary N) is 2. The molecule has 1 aliphatic carbocycles. The third kappa shape index (κ3) is 5.78. The summed E-state index contributed by atoms with van der Waals surface area (Å²) in [4.78, 5) is 28.5. The van der Waals surface area contributed by atoms with E-state index in [0.29, 0.717) is 24.2 Å². The molecule has 0 spiro atoms. The lowest BCUT2D eigenvalue weighted by molar-refractivity contribution is 0.0940. The molecule has 0 saturated carbocycles. The highest BCUT2D eigenvalue weighted by Crippen LogP contribution is 2.19. The molecule has 2 N–H and O–H groups in total. The second-order valence-electron chi connectivity index (χ2n) is 6.74. The summed E-state index contributed by atoms with van der Waals surface area (Å²) in [7, 11) is 0. The van der Waals surface area contributed by atoms with E-state index in [9.17, 15) is 9.59 Å². The molecule has 0 radical (unpaired) electrons. The Morgan fingerprint density at radius 2 is 1.70 bits per heavy atom. The molecule has 0 unspecified atom stereocenters. The molecule has 0 saturated heterocycles. The Kier molecular flexibility index (Phi) is 6.74. The molecular formula is C22H25N3O2. The van der Waals surface area contributed by atoms with E-state index < -0.39 is 0 Å².